The topological polar surface area (TPSA) is 59.4 Å². The van der Waals surface area contributed by atoms with Gasteiger partial charge in [0.05, 0.1) is 6.20 Å². The van der Waals surface area contributed by atoms with Crippen molar-refractivity contribution in [3.05, 3.63) is 47.9 Å². The normalized spacial score (nSPS) is 10.6. The maximum Gasteiger partial charge on any atom is 0.347 e. The quantitative estimate of drug-likeness (QED) is 0.663. The standard InChI is InChI=1S/C13H13FN4O/c1-2-17-19-13-16-9-11(14)12(18-13)15-8-10-6-4-3-5-7-10/h2-7,9H,8H2,1H3,(H,15,16,18)/b17-2+. The Bertz CT molecular complexity index is 560. The third-order valence-electron chi connectivity index (χ3n) is 2.26. The Hall–Kier alpha value is -2.50. The number of hydrogen-bond donors (Lipinski definition) is 1. The monoisotopic (exact) mass is 260 g/mol. The summed E-state index contributed by atoms with van der Waals surface area (Å²) in [6.07, 6.45) is 2.49. The van der Waals surface area contributed by atoms with Crippen LogP contribution >= 0.6 is 0 Å². The van der Waals surface area contributed by atoms with Gasteiger partial charge >= 0.3 is 6.01 Å². The van der Waals surface area contributed by atoms with Gasteiger partial charge in [-0.1, -0.05) is 35.5 Å². The van der Waals surface area contributed by atoms with Crippen molar-refractivity contribution in [2.75, 3.05) is 5.32 Å². The Balaban J connectivity index is 2.06. The van der Waals surface area contributed by atoms with Gasteiger partial charge in [-0.2, -0.15) is 9.97 Å². The van der Waals surface area contributed by atoms with Crippen molar-refractivity contribution >= 4 is 12.0 Å². The molecular formula is C13H13FN4O. The van der Waals surface area contributed by atoms with Crippen LogP contribution in [0, 0.1) is 5.82 Å². The van der Waals surface area contributed by atoms with Crippen molar-refractivity contribution in [1.82, 2.24) is 9.97 Å². The lowest BCUT2D eigenvalue weighted by Gasteiger charge is -2.07. The molecule has 0 bridgehead atoms. The molecule has 5 nitrogen and oxygen atoms in total. The third kappa shape index (κ3) is 3.74. The largest absolute Gasteiger partial charge is 0.363 e. The molecule has 0 aliphatic heterocycles. The molecule has 19 heavy (non-hydrogen) atoms. The van der Waals surface area contributed by atoms with Crippen molar-refractivity contribution in [1.29, 1.82) is 0 Å². The molecule has 0 aliphatic carbocycles. The third-order valence-corrected chi connectivity index (χ3v) is 2.26. The van der Waals surface area contributed by atoms with E-state index in [0.29, 0.717) is 6.54 Å². The Labute approximate surface area is 110 Å². The Morgan fingerprint density at radius 2 is 2.16 bits per heavy atom. The molecule has 0 unspecified atom stereocenters. The number of oxime groups is 1. The first-order valence-electron chi connectivity index (χ1n) is 5.75. The van der Waals surface area contributed by atoms with Crippen LogP contribution in [0.25, 0.3) is 0 Å². The summed E-state index contributed by atoms with van der Waals surface area (Å²) >= 11 is 0. The van der Waals surface area contributed by atoms with Crippen LogP contribution in [-0.2, 0) is 6.54 Å². The van der Waals surface area contributed by atoms with E-state index in [1.165, 1.54) is 6.21 Å². The molecule has 98 valence electrons. The molecule has 0 amide bonds. The molecule has 0 atom stereocenters. The Kier molecular flexibility index (Phi) is 4.39. The van der Waals surface area contributed by atoms with E-state index in [4.69, 9.17) is 4.84 Å². The smallest absolute Gasteiger partial charge is 0.347 e. The van der Waals surface area contributed by atoms with E-state index < -0.39 is 5.82 Å². The molecule has 0 spiro atoms. The van der Waals surface area contributed by atoms with Crippen LogP contribution in [-0.4, -0.2) is 16.2 Å². The average Bonchev–Trinajstić information content (AvgIpc) is 2.46. The van der Waals surface area contributed by atoms with Gasteiger partial charge in [-0.05, 0) is 12.5 Å². The van der Waals surface area contributed by atoms with Gasteiger partial charge in [0.2, 0.25) is 0 Å². The zero-order valence-electron chi connectivity index (χ0n) is 10.4. The number of anilines is 1. The highest BCUT2D eigenvalue weighted by atomic mass is 19.1. The fourth-order valence-corrected chi connectivity index (χ4v) is 1.40. The minimum atomic E-state index is -0.538. The van der Waals surface area contributed by atoms with Gasteiger partial charge in [-0.25, -0.2) is 4.39 Å². The minimum absolute atomic E-state index is 0.00457. The van der Waals surface area contributed by atoms with E-state index in [2.05, 4.69) is 20.4 Å². The van der Waals surface area contributed by atoms with E-state index in [0.717, 1.165) is 11.8 Å². The predicted molar refractivity (Wildman–Crippen MR) is 70.6 cm³/mol. The molecule has 1 aromatic carbocycles. The first-order chi connectivity index (χ1) is 9.29. The van der Waals surface area contributed by atoms with Crippen LogP contribution in [0.15, 0.2) is 41.7 Å². The lowest BCUT2D eigenvalue weighted by molar-refractivity contribution is 0.313. The molecule has 2 rings (SSSR count). The lowest BCUT2D eigenvalue weighted by atomic mass is 10.2. The highest BCUT2D eigenvalue weighted by molar-refractivity contribution is 5.52. The van der Waals surface area contributed by atoms with Crippen molar-refractivity contribution in [3.63, 3.8) is 0 Å². The molecule has 0 aliphatic rings. The molecule has 0 saturated heterocycles. The maximum absolute atomic E-state index is 13.5. The summed E-state index contributed by atoms with van der Waals surface area (Å²) in [4.78, 5) is 12.4. The van der Waals surface area contributed by atoms with E-state index in [1.54, 1.807) is 6.92 Å². The number of benzene rings is 1. The van der Waals surface area contributed by atoms with Gasteiger partial charge < -0.3 is 10.2 Å². The van der Waals surface area contributed by atoms with E-state index in [1.807, 2.05) is 30.3 Å². The fraction of sp³-hybridized carbons (Fsp3) is 0.154. The zero-order valence-corrected chi connectivity index (χ0v) is 10.4. The van der Waals surface area contributed by atoms with Crippen molar-refractivity contribution in [2.45, 2.75) is 13.5 Å². The zero-order chi connectivity index (χ0) is 13.5. The van der Waals surface area contributed by atoms with Crippen LogP contribution in [0.2, 0.25) is 0 Å². The van der Waals surface area contributed by atoms with Crippen LogP contribution in [0.1, 0.15) is 12.5 Å². The number of nitrogens with zero attached hydrogens (tertiary/aromatic N) is 3. The van der Waals surface area contributed by atoms with Gasteiger partial charge in [0.15, 0.2) is 11.6 Å². The van der Waals surface area contributed by atoms with Gasteiger partial charge in [0.1, 0.15) is 0 Å². The van der Waals surface area contributed by atoms with Crippen molar-refractivity contribution < 1.29 is 9.23 Å². The number of halogens is 1. The molecule has 1 aromatic heterocycles. The summed E-state index contributed by atoms with van der Waals surface area (Å²) in [5, 5.41) is 6.42. The second-order valence-electron chi connectivity index (χ2n) is 3.64. The fourth-order valence-electron chi connectivity index (χ4n) is 1.40. The Morgan fingerprint density at radius 1 is 1.37 bits per heavy atom. The molecule has 0 radical (unpaired) electrons. The summed E-state index contributed by atoms with van der Waals surface area (Å²) < 4.78 is 13.5. The molecule has 0 fully saturated rings. The highest BCUT2D eigenvalue weighted by Crippen LogP contribution is 2.14. The second-order valence-corrected chi connectivity index (χ2v) is 3.64. The second kappa shape index (κ2) is 6.44. The summed E-state index contributed by atoms with van der Waals surface area (Å²) in [5.41, 5.74) is 1.02. The van der Waals surface area contributed by atoms with Crippen molar-refractivity contribution in [3.8, 4) is 6.01 Å². The number of aromatic nitrogens is 2. The summed E-state index contributed by atoms with van der Waals surface area (Å²) in [6, 6.07) is 9.62. The van der Waals surface area contributed by atoms with Crippen molar-refractivity contribution in [2.24, 2.45) is 5.16 Å². The minimum Gasteiger partial charge on any atom is -0.363 e. The number of hydrogen-bond acceptors (Lipinski definition) is 5. The Morgan fingerprint density at radius 3 is 2.89 bits per heavy atom. The molecule has 0 saturated carbocycles. The number of rotatable bonds is 5. The van der Waals surface area contributed by atoms with Gasteiger partial charge in [0.25, 0.3) is 0 Å². The molecule has 1 heterocycles. The summed E-state index contributed by atoms with van der Waals surface area (Å²) in [5.74, 6) is -0.455. The SMILES string of the molecule is C/C=N/Oc1ncc(F)c(NCc2ccccc2)n1. The summed E-state index contributed by atoms with van der Waals surface area (Å²) in [6.45, 7) is 2.16. The summed E-state index contributed by atoms with van der Waals surface area (Å²) in [7, 11) is 0. The molecule has 6 heteroatoms. The van der Waals surface area contributed by atoms with E-state index in [-0.39, 0.29) is 11.8 Å². The molecule has 1 N–H and O–H groups in total. The highest BCUT2D eigenvalue weighted by Gasteiger charge is 2.07. The number of nitrogens with one attached hydrogen (secondary N) is 1. The van der Waals surface area contributed by atoms with Crippen LogP contribution in [0.3, 0.4) is 0 Å². The van der Waals surface area contributed by atoms with Crippen LogP contribution in [0.5, 0.6) is 6.01 Å². The first-order valence-corrected chi connectivity index (χ1v) is 5.75. The molecule has 2 aromatic rings. The van der Waals surface area contributed by atoms with Crippen LogP contribution in [0.4, 0.5) is 10.2 Å². The van der Waals surface area contributed by atoms with Crippen LogP contribution < -0.4 is 10.2 Å². The first kappa shape index (κ1) is 12.9. The average molecular weight is 260 g/mol. The van der Waals surface area contributed by atoms with Gasteiger partial charge in [-0.15, -0.1) is 0 Å². The predicted octanol–water partition coefficient (Wildman–Crippen LogP) is 2.61. The van der Waals surface area contributed by atoms with Gasteiger partial charge in [0, 0.05) is 12.8 Å². The van der Waals surface area contributed by atoms with E-state index in [9.17, 15) is 4.39 Å². The van der Waals surface area contributed by atoms with Gasteiger partial charge in [-0.3, -0.25) is 0 Å². The lowest BCUT2D eigenvalue weighted by Crippen LogP contribution is -2.05. The maximum atomic E-state index is 13.5. The molecular weight excluding hydrogens is 247 g/mol. The van der Waals surface area contributed by atoms with E-state index >= 15 is 0 Å².